The van der Waals surface area contributed by atoms with Crippen molar-refractivity contribution in [2.45, 2.75) is 110 Å². The van der Waals surface area contributed by atoms with E-state index in [0.717, 1.165) is 12.8 Å². The molecule has 1 N–H and O–H groups in total. The van der Waals surface area contributed by atoms with E-state index in [1.54, 1.807) is 0 Å². The second kappa shape index (κ2) is 15.9. The van der Waals surface area contributed by atoms with Crippen molar-refractivity contribution in [1.29, 1.82) is 0 Å². The summed E-state index contributed by atoms with van der Waals surface area (Å²) in [6.07, 6.45) is 20.8. The van der Waals surface area contributed by atoms with Gasteiger partial charge < -0.3 is 10.1 Å². The zero-order chi connectivity index (χ0) is 18.9. The molecule has 0 radical (unpaired) electrons. The molecule has 0 unspecified atom stereocenters. The number of esters is 1. The second-order valence-electron chi connectivity index (χ2n) is 7.47. The number of rotatable bonds is 16. The molecular weight excluding hydrogens is 326 g/mol. The average Bonchev–Trinajstić information content (AvgIpc) is 2.65. The lowest BCUT2D eigenvalue weighted by atomic mass is 10.0. The van der Waals surface area contributed by atoms with Gasteiger partial charge in [-0.05, 0) is 12.8 Å². The topological polar surface area (TPSA) is 55.4 Å². The minimum absolute atomic E-state index is 0.0338. The summed E-state index contributed by atoms with van der Waals surface area (Å²) in [6.45, 7) is 2.76. The van der Waals surface area contributed by atoms with E-state index in [4.69, 9.17) is 4.74 Å². The van der Waals surface area contributed by atoms with Gasteiger partial charge in [0.2, 0.25) is 5.91 Å². The fraction of sp³-hybridized carbons (Fsp3) is 0.818. The number of carbonyl (C=O) groups is 2. The van der Waals surface area contributed by atoms with Crippen molar-refractivity contribution in [2.24, 2.45) is 0 Å². The number of hydrogen-bond acceptors (Lipinski definition) is 3. The van der Waals surface area contributed by atoms with Crippen LogP contribution in [0, 0.1) is 0 Å². The highest BCUT2D eigenvalue weighted by Crippen LogP contribution is 2.14. The van der Waals surface area contributed by atoms with Crippen molar-refractivity contribution in [1.82, 2.24) is 5.32 Å². The second-order valence-corrected chi connectivity index (χ2v) is 7.47. The van der Waals surface area contributed by atoms with Crippen LogP contribution >= 0.6 is 0 Å². The van der Waals surface area contributed by atoms with Crippen LogP contribution in [0.5, 0.6) is 0 Å². The minimum atomic E-state index is -0.278. The van der Waals surface area contributed by atoms with Gasteiger partial charge in [0.15, 0.2) is 0 Å². The molecule has 0 saturated heterocycles. The molecule has 1 aliphatic heterocycles. The van der Waals surface area contributed by atoms with Gasteiger partial charge in [0.1, 0.15) is 0 Å². The molecule has 1 heterocycles. The van der Waals surface area contributed by atoms with Crippen LogP contribution < -0.4 is 5.32 Å². The predicted molar refractivity (Wildman–Crippen MR) is 107 cm³/mol. The molecule has 0 spiro atoms. The molecule has 1 aliphatic rings. The van der Waals surface area contributed by atoms with E-state index in [2.05, 4.69) is 12.2 Å². The summed E-state index contributed by atoms with van der Waals surface area (Å²) in [7, 11) is 0. The Hall–Kier alpha value is -1.32. The third kappa shape index (κ3) is 12.1. The van der Waals surface area contributed by atoms with Gasteiger partial charge >= 0.3 is 5.97 Å². The summed E-state index contributed by atoms with van der Waals surface area (Å²) >= 11 is 0. The van der Waals surface area contributed by atoms with Gasteiger partial charge in [-0.2, -0.15) is 0 Å². The van der Waals surface area contributed by atoms with Crippen molar-refractivity contribution in [2.75, 3.05) is 6.61 Å². The lowest BCUT2D eigenvalue weighted by molar-refractivity contribution is -0.139. The monoisotopic (exact) mass is 365 g/mol. The SMILES string of the molecule is CCCCCCCCCCCCCCCCOC(=O)C1=CNC(=O)CC1. The highest BCUT2D eigenvalue weighted by atomic mass is 16.5. The maximum absolute atomic E-state index is 11.8. The highest BCUT2D eigenvalue weighted by Gasteiger charge is 2.16. The van der Waals surface area contributed by atoms with Gasteiger partial charge in [0.05, 0.1) is 12.2 Å². The molecule has 26 heavy (non-hydrogen) atoms. The van der Waals surface area contributed by atoms with Crippen LogP contribution in [-0.4, -0.2) is 18.5 Å². The Kier molecular flexibility index (Phi) is 13.9. The van der Waals surface area contributed by atoms with Crippen LogP contribution in [0.25, 0.3) is 0 Å². The van der Waals surface area contributed by atoms with E-state index in [0.29, 0.717) is 25.0 Å². The Morgan fingerprint density at radius 3 is 1.81 bits per heavy atom. The van der Waals surface area contributed by atoms with Crippen LogP contribution in [-0.2, 0) is 14.3 Å². The van der Waals surface area contributed by atoms with Crippen LogP contribution in [0.15, 0.2) is 11.8 Å². The van der Waals surface area contributed by atoms with E-state index in [1.165, 1.54) is 83.2 Å². The first-order valence-electron chi connectivity index (χ1n) is 10.9. The molecule has 1 amide bonds. The third-order valence-electron chi connectivity index (χ3n) is 5.02. The Morgan fingerprint density at radius 1 is 0.846 bits per heavy atom. The van der Waals surface area contributed by atoms with Gasteiger partial charge in [-0.1, -0.05) is 90.4 Å². The van der Waals surface area contributed by atoms with Crippen LogP contribution in [0.4, 0.5) is 0 Å². The smallest absolute Gasteiger partial charge is 0.335 e. The molecule has 0 aromatic carbocycles. The van der Waals surface area contributed by atoms with Crippen LogP contribution in [0.2, 0.25) is 0 Å². The summed E-state index contributed by atoms with van der Waals surface area (Å²) in [5.74, 6) is -0.312. The van der Waals surface area contributed by atoms with Gasteiger partial charge in [-0.15, -0.1) is 0 Å². The van der Waals surface area contributed by atoms with E-state index >= 15 is 0 Å². The molecule has 0 bridgehead atoms. The molecule has 0 aromatic rings. The molecule has 0 fully saturated rings. The summed E-state index contributed by atoms with van der Waals surface area (Å²) < 4.78 is 5.27. The van der Waals surface area contributed by atoms with Crippen LogP contribution in [0.1, 0.15) is 110 Å². The van der Waals surface area contributed by atoms with Crippen LogP contribution in [0.3, 0.4) is 0 Å². The molecule has 0 aromatic heterocycles. The standard InChI is InChI=1S/C22H39NO3/c1-2-3-4-5-6-7-8-9-10-11-12-13-14-15-18-26-22(25)20-16-17-21(24)23-19-20/h19H,2-18H2,1H3,(H,23,24). The van der Waals surface area contributed by atoms with Gasteiger partial charge in [0, 0.05) is 12.6 Å². The maximum Gasteiger partial charge on any atom is 0.335 e. The Morgan fingerprint density at radius 2 is 1.35 bits per heavy atom. The first-order valence-corrected chi connectivity index (χ1v) is 10.9. The molecular formula is C22H39NO3. The van der Waals surface area contributed by atoms with Crippen molar-refractivity contribution >= 4 is 11.9 Å². The molecule has 0 atom stereocenters. The summed E-state index contributed by atoms with van der Waals surface area (Å²) in [6, 6.07) is 0. The normalized spacial score (nSPS) is 14.0. The molecule has 4 nitrogen and oxygen atoms in total. The number of hydrogen-bond donors (Lipinski definition) is 1. The van der Waals surface area contributed by atoms with Crippen molar-refractivity contribution < 1.29 is 14.3 Å². The zero-order valence-electron chi connectivity index (χ0n) is 16.8. The number of ether oxygens (including phenoxy) is 1. The molecule has 4 heteroatoms. The Labute approximate surface area is 160 Å². The molecule has 0 aliphatic carbocycles. The first-order chi connectivity index (χ1) is 12.7. The van der Waals surface area contributed by atoms with Crippen molar-refractivity contribution in [3.8, 4) is 0 Å². The summed E-state index contributed by atoms with van der Waals surface area (Å²) in [5.41, 5.74) is 0.579. The number of nitrogens with one attached hydrogen (secondary N) is 1. The average molecular weight is 366 g/mol. The van der Waals surface area contributed by atoms with Crippen molar-refractivity contribution in [3.63, 3.8) is 0 Å². The first kappa shape index (κ1) is 22.7. The Bertz CT molecular complexity index is 418. The maximum atomic E-state index is 11.8. The molecule has 0 saturated carbocycles. The molecule has 150 valence electrons. The summed E-state index contributed by atoms with van der Waals surface area (Å²) in [5, 5.41) is 2.57. The van der Waals surface area contributed by atoms with Gasteiger partial charge in [-0.25, -0.2) is 4.79 Å². The lowest BCUT2D eigenvalue weighted by Gasteiger charge is -2.12. The van der Waals surface area contributed by atoms with Crippen molar-refractivity contribution in [3.05, 3.63) is 11.8 Å². The van der Waals surface area contributed by atoms with E-state index in [9.17, 15) is 9.59 Å². The zero-order valence-corrected chi connectivity index (χ0v) is 16.8. The minimum Gasteiger partial charge on any atom is -0.462 e. The van der Waals surface area contributed by atoms with Gasteiger partial charge in [-0.3, -0.25) is 4.79 Å². The lowest BCUT2D eigenvalue weighted by Crippen LogP contribution is -2.25. The quantitative estimate of drug-likeness (QED) is 0.277. The third-order valence-corrected chi connectivity index (χ3v) is 5.02. The molecule has 1 rings (SSSR count). The van der Waals surface area contributed by atoms with E-state index in [-0.39, 0.29) is 11.9 Å². The fourth-order valence-corrected chi connectivity index (χ4v) is 3.28. The number of carbonyl (C=O) groups excluding carboxylic acids is 2. The van der Waals surface area contributed by atoms with E-state index in [1.807, 2.05) is 0 Å². The predicted octanol–water partition coefficient (Wildman–Crippen LogP) is 5.80. The largest absolute Gasteiger partial charge is 0.462 e. The highest BCUT2D eigenvalue weighted by molar-refractivity contribution is 5.92. The summed E-state index contributed by atoms with van der Waals surface area (Å²) in [4.78, 5) is 22.8. The Balaban J connectivity index is 1.79. The van der Waals surface area contributed by atoms with E-state index < -0.39 is 0 Å². The number of amides is 1. The fourth-order valence-electron chi connectivity index (χ4n) is 3.28. The number of unbranched alkanes of at least 4 members (excludes halogenated alkanes) is 13. The van der Waals surface area contributed by atoms with Gasteiger partial charge in [0.25, 0.3) is 0 Å².